The molecule has 0 aliphatic heterocycles. The number of nitrogens with one attached hydrogen (secondary N) is 2. The van der Waals surface area contributed by atoms with E-state index in [2.05, 4.69) is 25.7 Å². The van der Waals surface area contributed by atoms with Crippen molar-refractivity contribution in [3.8, 4) is 5.88 Å². The van der Waals surface area contributed by atoms with Gasteiger partial charge >= 0.3 is 5.97 Å². The van der Waals surface area contributed by atoms with Crippen LogP contribution in [0, 0.1) is 0 Å². The number of fused-ring (bicyclic) bond motifs is 1. The maximum Gasteiger partial charge on any atom is 0.360 e. The highest BCUT2D eigenvalue weighted by Crippen LogP contribution is 2.24. The molecule has 0 atom stereocenters. The number of anilines is 1. The molecule has 0 aliphatic rings. The average Bonchev–Trinajstić information content (AvgIpc) is 2.81. The minimum atomic E-state index is -0.739. The van der Waals surface area contributed by atoms with Gasteiger partial charge < -0.3 is 20.1 Å². The molecule has 0 saturated carbocycles. The van der Waals surface area contributed by atoms with Crippen LogP contribution in [0.2, 0.25) is 0 Å². The molecule has 0 unspecified atom stereocenters. The number of ether oxygens (including phenoxy) is 2. The van der Waals surface area contributed by atoms with Crippen molar-refractivity contribution in [3.63, 3.8) is 0 Å². The molecule has 0 saturated heterocycles. The third-order valence-electron chi connectivity index (χ3n) is 4.56. The highest BCUT2D eigenvalue weighted by Gasteiger charge is 2.20. The van der Waals surface area contributed by atoms with Gasteiger partial charge in [-0.15, -0.1) is 0 Å². The molecule has 4 N–H and O–H groups in total. The van der Waals surface area contributed by atoms with E-state index in [1.165, 1.54) is 20.4 Å². The van der Waals surface area contributed by atoms with Crippen molar-refractivity contribution in [1.82, 2.24) is 15.3 Å². The highest BCUT2D eigenvalue weighted by atomic mass is 16.5. The number of nitrogens with two attached hydrogens (primary N) is 1. The van der Waals surface area contributed by atoms with E-state index in [0.717, 1.165) is 16.3 Å². The van der Waals surface area contributed by atoms with Gasteiger partial charge in [0.1, 0.15) is 6.54 Å². The van der Waals surface area contributed by atoms with E-state index in [1.54, 1.807) is 6.07 Å². The van der Waals surface area contributed by atoms with Crippen LogP contribution in [-0.2, 0) is 11.3 Å². The van der Waals surface area contributed by atoms with E-state index in [4.69, 9.17) is 15.0 Å². The van der Waals surface area contributed by atoms with Crippen LogP contribution in [0.3, 0.4) is 0 Å². The van der Waals surface area contributed by atoms with E-state index in [-0.39, 0.29) is 17.4 Å². The lowest BCUT2D eigenvalue weighted by Crippen LogP contribution is -2.27. The van der Waals surface area contributed by atoms with Gasteiger partial charge in [0, 0.05) is 18.7 Å². The predicted molar refractivity (Wildman–Crippen MR) is 113 cm³/mol. The second-order valence-corrected chi connectivity index (χ2v) is 6.46. The van der Waals surface area contributed by atoms with Gasteiger partial charge in [-0.1, -0.05) is 30.3 Å². The van der Waals surface area contributed by atoms with E-state index >= 15 is 0 Å². The van der Waals surface area contributed by atoms with Crippen LogP contribution >= 0.6 is 0 Å². The van der Waals surface area contributed by atoms with E-state index in [1.807, 2.05) is 30.3 Å². The first-order valence-corrected chi connectivity index (χ1v) is 9.47. The van der Waals surface area contributed by atoms with Crippen LogP contribution in [0.5, 0.6) is 5.88 Å². The SMILES string of the molecule is COC(=O)c1nc(OC)cnc1NC(=O)c1ccc(CNCCN=[NH2+])c2ccccc12. The van der Waals surface area contributed by atoms with Crippen molar-refractivity contribution in [1.29, 1.82) is 0 Å². The molecular formula is C21H23N6O4+. The molecule has 0 spiro atoms. The Kier molecular flexibility index (Phi) is 7.17. The number of carbonyl (C=O) groups is 2. The zero-order valence-electron chi connectivity index (χ0n) is 17.2. The molecule has 10 nitrogen and oxygen atoms in total. The number of aromatic nitrogens is 2. The summed E-state index contributed by atoms with van der Waals surface area (Å²) in [6.45, 7) is 1.78. The lowest BCUT2D eigenvalue weighted by atomic mass is 9.99. The molecule has 10 heteroatoms. The summed E-state index contributed by atoms with van der Waals surface area (Å²) in [4.78, 5) is 33.2. The molecule has 1 aromatic heterocycles. The van der Waals surface area contributed by atoms with Crippen molar-refractivity contribution in [2.45, 2.75) is 6.54 Å². The molecule has 1 amide bonds. The summed E-state index contributed by atoms with van der Waals surface area (Å²) in [6.07, 6.45) is 1.31. The van der Waals surface area contributed by atoms with Crippen molar-refractivity contribution in [3.05, 3.63) is 59.4 Å². The lowest BCUT2D eigenvalue weighted by molar-refractivity contribution is -0.221. The molecular weight excluding hydrogens is 400 g/mol. The first kappa shape index (κ1) is 21.8. The van der Waals surface area contributed by atoms with Crippen molar-refractivity contribution in [2.24, 2.45) is 5.11 Å². The largest absolute Gasteiger partial charge is 0.480 e. The summed E-state index contributed by atoms with van der Waals surface area (Å²) in [7, 11) is 2.62. The van der Waals surface area contributed by atoms with Crippen LogP contribution < -0.4 is 20.9 Å². The highest BCUT2D eigenvalue weighted by molar-refractivity contribution is 6.14. The van der Waals surface area contributed by atoms with E-state index in [9.17, 15) is 9.59 Å². The monoisotopic (exact) mass is 423 g/mol. The second kappa shape index (κ2) is 10.2. The number of carbonyl (C=O) groups excluding carboxylic acids is 2. The van der Waals surface area contributed by atoms with E-state index < -0.39 is 11.9 Å². The van der Waals surface area contributed by atoms with Gasteiger partial charge in [-0.2, -0.15) is 5.53 Å². The Morgan fingerprint density at radius 2 is 1.90 bits per heavy atom. The minimum absolute atomic E-state index is 0.0157. The predicted octanol–water partition coefficient (Wildman–Crippen LogP) is 0.978. The summed E-state index contributed by atoms with van der Waals surface area (Å²) < 4.78 is 9.73. The summed E-state index contributed by atoms with van der Waals surface area (Å²) in [5.41, 5.74) is 6.48. The molecule has 0 aliphatic carbocycles. The van der Waals surface area contributed by atoms with Crippen LogP contribution in [0.1, 0.15) is 26.4 Å². The Morgan fingerprint density at radius 1 is 1.13 bits per heavy atom. The summed E-state index contributed by atoms with van der Waals surface area (Å²) in [5.74, 6) is -1.05. The number of esters is 1. The summed E-state index contributed by atoms with van der Waals surface area (Å²) in [6, 6.07) is 11.2. The number of amides is 1. The van der Waals surface area contributed by atoms with Crippen LogP contribution in [0.25, 0.3) is 10.8 Å². The van der Waals surface area contributed by atoms with Crippen molar-refractivity contribution < 1.29 is 24.6 Å². The molecule has 1 heterocycles. The Hall–Kier alpha value is -3.92. The minimum Gasteiger partial charge on any atom is -0.480 e. The Labute approximate surface area is 178 Å². The topological polar surface area (TPSA) is 140 Å². The zero-order chi connectivity index (χ0) is 22.2. The maximum atomic E-state index is 13.1. The molecule has 0 bridgehead atoms. The molecule has 31 heavy (non-hydrogen) atoms. The van der Waals surface area contributed by atoms with Gasteiger partial charge in [-0.3, -0.25) is 4.79 Å². The summed E-state index contributed by atoms with van der Waals surface area (Å²) >= 11 is 0. The van der Waals surface area contributed by atoms with Gasteiger partial charge in [0.2, 0.25) is 5.88 Å². The smallest absolute Gasteiger partial charge is 0.360 e. The van der Waals surface area contributed by atoms with Crippen molar-refractivity contribution in [2.75, 3.05) is 32.6 Å². The normalized spacial score (nSPS) is 10.5. The standard InChI is InChI=1S/C21H22N6O4/c1-30-17-12-24-19(18(26-17)21(29)31-2)27-20(28)16-8-7-13(11-23-9-10-25-22)14-5-3-4-6-15(14)16/h3-8,12,22-23H,9-11H2,1-2H3,(H,24,27,28)/p+1. The number of benzene rings is 2. The number of methoxy groups -OCH3 is 2. The number of hydrogen-bond donors (Lipinski definition) is 3. The first-order valence-electron chi connectivity index (χ1n) is 9.47. The fourth-order valence-corrected chi connectivity index (χ4v) is 3.06. The molecule has 3 rings (SSSR count). The van der Waals surface area contributed by atoms with Gasteiger partial charge in [0.25, 0.3) is 5.91 Å². The number of rotatable bonds is 9. The molecule has 3 aromatic rings. The van der Waals surface area contributed by atoms with Gasteiger partial charge in [0.05, 0.1) is 20.4 Å². The molecule has 2 aromatic carbocycles. The molecule has 0 fully saturated rings. The fourth-order valence-electron chi connectivity index (χ4n) is 3.06. The maximum absolute atomic E-state index is 13.1. The number of nitrogens with zero attached hydrogens (tertiary/aromatic N) is 3. The van der Waals surface area contributed by atoms with Gasteiger partial charge in [-0.25, -0.2) is 14.8 Å². The molecule has 160 valence electrons. The first-order chi connectivity index (χ1) is 15.1. The summed E-state index contributed by atoms with van der Waals surface area (Å²) in [5, 5.41) is 11.2. The fraction of sp³-hybridized carbons (Fsp3) is 0.238. The number of hydrogen-bond acceptors (Lipinski definition) is 8. The molecule has 0 radical (unpaired) electrons. The van der Waals surface area contributed by atoms with Crippen LogP contribution in [0.15, 0.2) is 47.7 Å². The van der Waals surface area contributed by atoms with Gasteiger partial charge in [-0.05, 0) is 27.5 Å². The van der Waals surface area contributed by atoms with Crippen LogP contribution in [-0.4, -0.2) is 49.2 Å². The Bertz CT molecular complexity index is 1120. The zero-order valence-corrected chi connectivity index (χ0v) is 17.2. The quantitative estimate of drug-likeness (QED) is 0.265. The van der Waals surface area contributed by atoms with E-state index in [0.29, 0.717) is 25.2 Å². The third-order valence-corrected chi connectivity index (χ3v) is 4.56. The third kappa shape index (κ3) is 4.98. The van der Waals surface area contributed by atoms with Crippen molar-refractivity contribution >= 4 is 28.5 Å². The van der Waals surface area contributed by atoms with Gasteiger partial charge in [0.15, 0.2) is 11.5 Å². The second-order valence-electron chi connectivity index (χ2n) is 6.46. The average molecular weight is 423 g/mol. The van der Waals surface area contributed by atoms with Crippen LogP contribution in [0.4, 0.5) is 5.82 Å². The Balaban J connectivity index is 1.92. The lowest BCUT2D eigenvalue weighted by Gasteiger charge is -2.13. The Morgan fingerprint density at radius 3 is 2.61 bits per heavy atom.